The summed E-state index contributed by atoms with van der Waals surface area (Å²) < 4.78 is 1.37. The highest BCUT2D eigenvalue weighted by molar-refractivity contribution is 14.1. The summed E-state index contributed by atoms with van der Waals surface area (Å²) >= 11 is 2.46. The van der Waals surface area contributed by atoms with Gasteiger partial charge in [-0.1, -0.05) is 12.1 Å². The third kappa shape index (κ3) is 2.52. The quantitative estimate of drug-likeness (QED) is 0.819. The first-order valence-corrected chi connectivity index (χ1v) is 8.01. The molecular weight excluding hydrogens is 335 g/mol. The molecule has 1 N–H and O–H groups in total. The van der Waals surface area contributed by atoms with Gasteiger partial charge >= 0.3 is 0 Å². The Hall–Kier alpha value is -0.290. The predicted molar refractivity (Wildman–Crippen MR) is 85.1 cm³/mol. The Bertz CT molecular complexity index is 430. The lowest BCUT2D eigenvalue weighted by molar-refractivity contribution is 0.331. The van der Waals surface area contributed by atoms with Gasteiger partial charge in [0.15, 0.2) is 0 Å². The second-order valence-corrected chi connectivity index (χ2v) is 7.01. The summed E-state index contributed by atoms with van der Waals surface area (Å²) in [5.41, 5.74) is 1.73. The summed E-state index contributed by atoms with van der Waals surface area (Å²) in [5, 5.41) is 3.80. The van der Waals surface area contributed by atoms with E-state index in [0.717, 1.165) is 19.0 Å². The van der Waals surface area contributed by atoms with E-state index in [1.807, 2.05) is 0 Å². The van der Waals surface area contributed by atoms with Crippen molar-refractivity contribution in [2.45, 2.75) is 31.7 Å². The zero-order valence-corrected chi connectivity index (χ0v) is 13.1. The lowest BCUT2D eigenvalue weighted by atomic mass is 9.95. The van der Waals surface area contributed by atoms with Crippen molar-refractivity contribution in [2.75, 3.05) is 24.5 Å². The van der Waals surface area contributed by atoms with Gasteiger partial charge in [0.2, 0.25) is 0 Å². The van der Waals surface area contributed by atoms with Gasteiger partial charge in [0, 0.05) is 22.2 Å². The Labute approximate surface area is 123 Å². The molecule has 0 aromatic heterocycles. The summed E-state index contributed by atoms with van der Waals surface area (Å²) in [6.07, 6.45) is 4.06. The Kier molecular flexibility index (Phi) is 3.54. The molecule has 98 valence electrons. The molecule has 1 aromatic carbocycles. The van der Waals surface area contributed by atoms with Gasteiger partial charge in [0.05, 0.1) is 5.69 Å². The fraction of sp³-hybridized carbons (Fsp3) is 0.600. The van der Waals surface area contributed by atoms with Gasteiger partial charge in [-0.3, -0.25) is 0 Å². The molecule has 1 heterocycles. The van der Waals surface area contributed by atoms with Crippen LogP contribution in [0.25, 0.3) is 0 Å². The molecule has 18 heavy (non-hydrogen) atoms. The van der Waals surface area contributed by atoms with Crippen LogP contribution in [-0.4, -0.2) is 25.2 Å². The number of hydrogen-bond donors (Lipinski definition) is 1. The average molecular weight is 356 g/mol. The SMILES string of the molecule is CC1(C2CC2)CN(c2ccccc2I)CCCN1. The van der Waals surface area contributed by atoms with Crippen LogP contribution in [-0.2, 0) is 0 Å². The van der Waals surface area contributed by atoms with Crippen LogP contribution in [0.3, 0.4) is 0 Å². The maximum absolute atomic E-state index is 3.80. The van der Waals surface area contributed by atoms with E-state index in [9.17, 15) is 0 Å². The van der Waals surface area contributed by atoms with Crippen LogP contribution in [0, 0.1) is 9.49 Å². The topological polar surface area (TPSA) is 15.3 Å². The molecule has 0 amide bonds. The minimum atomic E-state index is 0.315. The number of benzene rings is 1. The van der Waals surface area contributed by atoms with Crippen molar-refractivity contribution >= 4 is 28.3 Å². The van der Waals surface area contributed by atoms with Crippen molar-refractivity contribution in [3.63, 3.8) is 0 Å². The maximum atomic E-state index is 3.80. The minimum Gasteiger partial charge on any atom is -0.369 e. The summed E-state index contributed by atoms with van der Waals surface area (Å²) in [6, 6.07) is 8.76. The molecule has 1 saturated heterocycles. The van der Waals surface area contributed by atoms with Crippen LogP contribution in [0.15, 0.2) is 24.3 Å². The third-order valence-corrected chi connectivity index (χ3v) is 5.24. The van der Waals surface area contributed by atoms with E-state index in [4.69, 9.17) is 0 Å². The highest BCUT2D eigenvalue weighted by atomic mass is 127. The molecule has 1 unspecified atom stereocenters. The summed E-state index contributed by atoms with van der Waals surface area (Å²) in [7, 11) is 0. The van der Waals surface area contributed by atoms with Gasteiger partial charge in [-0.2, -0.15) is 0 Å². The van der Waals surface area contributed by atoms with E-state index in [1.54, 1.807) is 0 Å². The van der Waals surface area contributed by atoms with Crippen LogP contribution >= 0.6 is 22.6 Å². The Morgan fingerprint density at radius 1 is 1.33 bits per heavy atom. The molecule has 1 aliphatic heterocycles. The summed E-state index contributed by atoms with van der Waals surface area (Å²) in [5.74, 6) is 0.888. The number of anilines is 1. The Balaban J connectivity index is 1.85. The van der Waals surface area contributed by atoms with Crippen molar-refractivity contribution < 1.29 is 0 Å². The van der Waals surface area contributed by atoms with Gasteiger partial charge in [-0.05, 0) is 73.4 Å². The zero-order valence-electron chi connectivity index (χ0n) is 11.0. The molecule has 3 heteroatoms. The number of rotatable bonds is 2. The first-order valence-electron chi connectivity index (χ1n) is 6.93. The smallest absolute Gasteiger partial charge is 0.0502 e. The molecule has 1 saturated carbocycles. The van der Waals surface area contributed by atoms with E-state index in [2.05, 4.69) is 64.0 Å². The fourth-order valence-corrected chi connectivity index (χ4v) is 3.81. The van der Waals surface area contributed by atoms with Gasteiger partial charge in [0.1, 0.15) is 0 Å². The molecule has 3 rings (SSSR count). The zero-order chi connectivity index (χ0) is 12.6. The van der Waals surface area contributed by atoms with Crippen molar-refractivity contribution in [3.05, 3.63) is 27.8 Å². The number of halogens is 1. The van der Waals surface area contributed by atoms with Crippen molar-refractivity contribution in [2.24, 2.45) is 5.92 Å². The van der Waals surface area contributed by atoms with Crippen LogP contribution in [0.4, 0.5) is 5.69 Å². The number of nitrogens with one attached hydrogen (secondary N) is 1. The largest absolute Gasteiger partial charge is 0.369 e. The van der Waals surface area contributed by atoms with E-state index in [-0.39, 0.29) is 0 Å². The monoisotopic (exact) mass is 356 g/mol. The number of para-hydroxylation sites is 1. The summed E-state index contributed by atoms with van der Waals surface area (Å²) in [4.78, 5) is 2.58. The molecule has 0 bridgehead atoms. The van der Waals surface area contributed by atoms with E-state index >= 15 is 0 Å². The fourth-order valence-electron chi connectivity index (χ4n) is 3.08. The Morgan fingerprint density at radius 3 is 2.83 bits per heavy atom. The molecule has 1 aromatic rings. The number of hydrogen-bond acceptors (Lipinski definition) is 2. The van der Waals surface area contributed by atoms with Gasteiger partial charge in [-0.25, -0.2) is 0 Å². The van der Waals surface area contributed by atoms with E-state index in [1.165, 1.54) is 35.1 Å². The maximum Gasteiger partial charge on any atom is 0.0502 e. The van der Waals surface area contributed by atoms with Gasteiger partial charge < -0.3 is 10.2 Å². The van der Waals surface area contributed by atoms with Crippen molar-refractivity contribution in [3.8, 4) is 0 Å². The molecule has 0 radical (unpaired) electrons. The molecule has 2 nitrogen and oxygen atoms in total. The highest BCUT2D eigenvalue weighted by Gasteiger charge is 2.43. The van der Waals surface area contributed by atoms with Crippen LogP contribution in [0.2, 0.25) is 0 Å². The summed E-state index contributed by atoms with van der Waals surface area (Å²) in [6.45, 7) is 5.90. The first-order chi connectivity index (χ1) is 8.69. The normalized spacial score (nSPS) is 29.1. The van der Waals surface area contributed by atoms with Gasteiger partial charge in [0.25, 0.3) is 0 Å². The third-order valence-electron chi connectivity index (χ3n) is 4.32. The second-order valence-electron chi connectivity index (χ2n) is 5.85. The van der Waals surface area contributed by atoms with Crippen LogP contribution in [0.1, 0.15) is 26.2 Å². The molecule has 1 atom stereocenters. The standard InChI is InChI=1S/C15H21IN2/c1-15(12-7-8-12)11-18(10-4-9-17-15)14-6-3-2-5-13(14)16/h2-3,5-6,12,17H,4,7-11H2,1H3. The molecule has 1 aliphatic carbocycles. The molecular formula is C15H21IN2. The van der Waals surface area contributed by atoms with Gasteiger partial charge in [-0.15, -0.1) is 0 Å². The minimum absolute atomic E-state index is 0.315. The first kappa shape index (κ1) is 12.7. The molecule has 2 aliphatic rings. The molecule has 0 spiro atoms. The molecule has 2 fully saturated rings. The Morgan fingerprint density at radius 2 is 2.11 bits per heavy atom. The van der Waals surface area contributed by atoms with Crippen molar-refractivity contribution in [1.29, 1.82) is 0 Å². The van der Waals surface area contributed by atoms with E-state index in [0.29, 0.717) is 5.54 Å². The van der Waals surface area contributed by atoms with Crippen LogP contribution in [0.5, 0.6) is 0 Å². The lowest BCUT2D eigenvalue weighted by Crippen LogP contribution is -2.51. The van der Waals surface area contributed by atoms with Crippen LogP contribution < -0.4 is 10.2 Å². The van der Waals surface area contributed by atoms with Crippen molar-refractivity contribution in [1.82, 2.24) is 5.32 Å². The highest BCUT2D eigenvalue weighted by Crippen LogP contribution is 2.41. The van der Waals surface area contributed by atoms with E-state index < -0.39 is 0 Å². The lowest BCUT2D eigenvalue weighted by Gasteiger charge is -2.35. The second kappa shape index (κ2) is 5.00. The average Bonchev–Trinajstić information content (AvgIpc) is 3.16. The predicted octanol–water partition coefficient (Wildman–Crippen LogP) is 3.26. The number of nitrogens with zero attached hydrogens (tertiary/aromatic N) is 1.